The molecule has 0 unspecified atom stereocenters. The fraction of sp³-hybridized carbons (Fsp3) is 0. The highest BCUT2D eigenvalue weighted by molar-refractivity contribution is 7.19. The van der Waals surface area contributed by atoms with Crippen molar-refractivity contribution in [1.29, 1.82) is 0 Å². The van der Waals surface area contributed by atoms with Gasteiger partial charge in [-0.3, -0.25) is 0 Å². The zero-order valence-corrected chi connectivity index (χ0v) is 37.8. The van der Waals surface area contributed by atoms with Gasteiger partial charge in [0.15, 0.2) is 8.07 Å². The number of anilines is 3. The highest BCUT2D eigenvalue weighted by Gasteiger charge is 2.41. The quantitative estimate of drug-likeness (QED) is 0.101. The maximum atomic E-state index is 6.67. The second-order valence-corrected chi connectivity index (χ2v) is 21.0. The van der Waals surface area contributed by atoms with Gasteiger partial charge in [0, 0.05) is 16.8 Å². The summed E-state index contributed by atoms with van der Waals surface area (Å²) in [6.07, 6.45) is 0. The second-order valence-electron chi connectivity index (χ2n) is 17.2. The zero-order valence-electron chi connectivity index (χ0n) is 36.8. The van der Waals surface area contributed by atoms with Crippen molar-refractivity contribution in [2.75, 3.05) is 4.90 Å². The van der Waals surface area contributed by atoms with Gasteiger partial charge in [0.2, 0.25) is 0 Å². The van der Waals surface area contributed by atoms with Crippen LogP contribution in [0.5, 0.6) is 0 Å². The van der Waals surface area contributed by atoms with Crippen molar-refractivity contribution in [2.24, 2.45) is 0 Å². The third-order valence-corrected chi connectivity index (χ3v) is 18.2. The summed E-state index contributed by atoms with van der Waals surface area (Å²) in [6.45, 7) is 0. The molecule has 0 fully saturated rings. The van der Waals surface area contributed by atoms with Crippen LogP contribution in [0.15, 0.2) is 277 Å². The van der Waals surface area contributed by atoms with E-state index in [1.807, 2.05) is 0 Å². The summed E-state index contributed by atoms with van der Waals surface area (Å²) in [6, 6.07) is 99.4. The van der Waals surface area contributed by atoms with Gasteiger partial charge in [-0.05, 0) is 107 Å². The Labute approximate surface area is 392 Å². The molecule has 11 aromatic carbocycles. The summed E-state index contributed by atoms with van der Waals surface area (Å²) < 4.78 is 6.67. The van der Waals surface area contributed by atoms with E-state index in [1.54, 1.807) is 0 Å². The lowest BCUT2D eigenvalue weighted by Crippen LogP contribution is -2.74. The number of hydrogen-bond donors (Lipinski definition) is 0. The van der Waals surface area contributed by atoms with Gasteiger partial charge in [0.1, 0.15) is 11.2 Å². The predicted molar refractivity (Wildman–Crippen MR) is 286 cm³/mol. The number of rotatable bonds is 10. The minimum atomic E-state index is -2.64. The van der Waals surface area contributed by atoms with E-state index in [-0.39, 0.29) is 0 Å². The van der Waals surface area contributed by atoms with E-state index in [4.69, 9.17) is 4.42 Å². The Morgan fingerprint density at radius 1 is 0.284 bits per heavy atom. The van der Waals surface area contributed by atoms with Crippen LogP contribution in [0, 0.1) is 0 Å². The lowest BCUT2D eigenvalue weighted by atomic mass is 9.97. The lowest BCUT2D eigenvalue weighted by Gasteiger charge is -2.34. The Hall–Kier alpha value is -8.50. The van der Waals surface area contributed by atoms with Gasteiger partial charge < -0.3 is 9.32 Å². The lowest BCUT2D eigenvalue weighted by molar-refractivity contribution is 0.669. The van der Waals surface area contributed by atoms with Crippen molar-refractivity contribution in [3.63, 3.8) is 0 Å². The van der Waals surface area contributed by atoms with Gasteiger partial charge >= 0.3 is 0 Å². The van der Waals surface area contributed by atoms with Gasteiger partial charge in [0.25, 0.3) is 0 Å². The van der Waals surface area contributed by atoms with Gasteiger partial charge in [-0.2, -0.15) is 0 Å². The van der Waals surface area contributed by atoms with Crippen LogP contribution < -0.4 is 25.6 Å². The molecule has 12 aromatic rings. The van der Waals surface area contributed by atoms with E-state index in [0.717, 1.165) is 55.7 Å². The summed E-state index contributed by atoms with van der Waals surface area (Å²) in [7, 11) is -2.64. The van der Waals surface area contributed by atoms with Crippen LogP contribution in [0.4, 0.5) is 17.1 Å². The molecule has 0 N–H and O–H groups in total. The summed E-state index contributed by atoms with van der Waals surface area (Å²) in [5.41, 5.74) is 11.9. The van der Waals surface area contributed by atoms with E-state index in [1.165, 1.54) is 48.2 Å². The largest absolute Gasteiger partial charge is 0.456 e. The van der Waals surface area contributed by atoms with Crippen molar-refractivity contribution in [3.05, 3.63) is 273 Å². The highest BCUT2D eigenvalue weighted by atomic mass is 28.3. The fourth-order valence-corrected chi connectivity index (χ4v) is 15.1. The molecule has 0 saturated heterocycles. The first kappa shape index (κ1) is 40.0. The fourth-order valence-electron chi connectivity index (χ4n) is 10.4. The van der Waals surface area contributed by atoms with Crippen LogP contribution in [0.25, 0.3) is 66.1 Å². The maximum absolute atomic E-state index is 6.67. The van der Waals surface area contributed by atoms with Crippen LogP contribution in [0.2, 0.25) is 0 Å². The van der Waals surface area contributed by atoms with Crippen LogP contribution in [0.1, 0.15) is 0 Å². The summed E-state index contributed by atoms with van der Waals surface area (Å²) in [4.78, 5) is 2.39. The van der Waals surface area contributed by atoms with Crippen molar-refractivity contribution >= 4 is 78.6 Å². The van der Waals surface area contributed by atoms with Gasteiger partial charge in [-0.25, -0.2) is 0 Å². The number of fused-ring (bicyclic) bond motifs is 4. The molecule has 12 rings (SSSR count). The number of nitrogens with zero attached hydrogens (tertiary/aromatic N) is 1. The van der Waals surface area contributed by atoms with E-state index >= 15 is 0 Å². The Morgan fingerprint density at radius 3 is 1.30 bits per heavy atom. The van der Waals surface area contributed by atoms with Crippen LogP contribution in [-0.2, 0) is 0 Å². The average molecular weight is 872 g/mol. The molecule has 0 aliphatic carbocycles. The Kier molecular flexibility index (Phi) is 10.2. The molecule has 0 atom stereocenters. The van der Waals surface area contributed by atoms with Gasteiger partial charge in [-0.1, -0.05) is 231 Å². The minimum absolute atomic E-state index is 0.853. The monoisotopic (exact) mass is 871 g/mol. The molecular weight excluding hydrogens is 827 g/mol. The third kappa shape index (κ3) is 7.05. The predicted octanol–water partition coefficient (Wildman–Crippen LogP) is 14.6. The minimum Gasteiger partial charge on any atom is -0.456 e. The van der Waals surface area contributed by atoms with Crippen molar-refractivity contribution in [2.45, 2.75) is 0 Å². The summed E-state index contributed by atoms with van der Waals surface area (Å²) >= 11 is 0. The van der Waals surface area contributed by atoms with Crippen LogP contribution >= 0.6 is 0 Å². The second kappa shape index (κ2) is 17.1. The van der Waals surface area contributed by atoms with Crippen LogP contribution in [0.3, 0.4) is 0 Å². The van der Waals surface area contributed by atoms with E-state index in [2.05, 4.69) is 278 Å². The summed E-state index contributed by atoms with van der Waals surface area (Å²) in [5, 5.41) is 10.1. The number of hydrogen-bond acceptors (Lipinski definition) is 2. The molecule has 2 nitrogen and oxygen atoms in total. The topological polar surface area (TPSA) is 16.4 Å². The van der Waals surface area contributed by atoms with E-state index in [0.29, 0.717) is 0 Å². The maximum Gasteiger partial charge on any atom is 0.179 e. The van der Waals surface area contributed by atoms with Crippen molar-refractivity contribution in [1.82, 2.24) is 0 Å². The van der Waals surface area contributed by atoms with E-state index in [9.17, 15) is 0 Å². The Morgan fingerprint density at radius 2 is 0.701 bits per heavy atom. The van der Waals surface area contributed by atoms with Gasteiger partial charge in [-0.15, -0.1) is 0 Å². The first-order valence-corrected chi connectivity index (χ1v) is 25.0. The molecular formula is C64H45NOSi. The molecule has 3 heteroatoms. The SMILES string of the molecule is c1ccc(-c2cccc3oc4cccc(N(c5ccc(-c6ccc([Si](c7ccccc7)(c7ccccc7)c7ccccc7)cc6)cc5)c5ccc(-c6cccc7ccccc67)cc5)c4c23)cc1. The first-order valence-electron chi connectivity index (χ1n) is 23.0. The molecule has 0 radical (unpaired) electrons. The highest BCUT2D eigenvalue weighted by Crippen LogP contribution is 2.46. The van der Waals surface area contributed by atoms with Gasteiger partial charge in [0.05, 0.1) is 11.1 Å². The van der Waals surface area contributed by atoms with Crippen molar-refractivity contribution < 1.29 is 4.42 Å². The average Bonchev–Trinajstić information content (AvgIpc) is 3.81. The molecule has 0 saturated carbocycles. The normalized spacial score (nSPS) is 11.6. The molecule has 0 amide bonds. The number of benzene rings is 11. The standard InChI is InChI=1S/C64H45NOSi/c1-5-18-49(19-6-1)59-30-16-32-61-63(59)64-60(31-17-33-62(64)66-61)65(52-42-36-50(37-43-52)58-29-15-21-48-20-13-14-28-57(48)58)51-40-34-46(35-41-51)47-38-44-56(45-39-47)67(53-22-7-2-8-23-53,54-24-9-3-10-25-54)55-26-11-4-12-27-55/h1-45H. The molecule has 1 aromatic heterocycles. The molecule has 0 aliphatic rings. The van der Waals surface area contributed by atoms with Crippen LogP contribution in [-0.4, -0.2) is 8.07 Å². The zero-order chi connectivity index (χ0) is 44.6. The van der Waals surface area contributed by atoms with E-state index < -0.39 is 8.07 Å². The third-order valence-electron chi connectivity index (χ3n) is 13.4. The van der Waals surface area contributed by atoms with Crippen molar-refractivity contribution in [3.8, 4) is 33.4 Å². The molecule has 0 aliphatic heterocycles. The molecule has 1 heterocycles. The molecule has 0 spiro atoms. The first-order chi connectivity index (χ1) is 33.2. The smallest absolute Gasteiger partial charge is 0.179 e. The Bertz CT molecular complexity index is 3540. The molecule has 316 valence electrons. The molecule has 0 bridgehead atoms. The number of furan rings is 1. The molecule has 67 heavy (non-hydrogen) atoms. The summed E-state index contributed by atoms with van der Waals surface area (Å²) in [5.74, 6) is 0. The Balaban J connectivity index is 0.985.